The Hall–Kier alpha value is -4.31. The molecule has 4 aromatic carbocycles. The third kappa shape index (κ3) is 5.61. The van der Waals surface area contributed by atoms with Gasteiger partial charge in [-0.05, 0) is 55.3 Å². The van der Waals surface area contributed by atoms with E-state index in [1.165, 1.54) is 16.7 Å². The van der Waals surface area contributed by atoms with E-state index < -0.39 is 0 Å². The van der Waals surface area contributed by atoms with Gasteiger partial charge >= 0.3 is 5.97 Å². The van der Waals surface area contributed by atoms with Gasteiger partial charge in [-0.3, -0.25) is 0 Å². The minimum atomic E-state index is -0.312. The van der Waals surface area contributed by atoms with E-state index in [4.69, 9.17) is 9.47 Å². The Bertz CT molecular complexity index is 1300. The molecule has 4 aromatic rings. The van der Waals surface area contributed by atoms with E-state index in [1.807, 2.05) is 72.8 Å². The van der Waals surface area contributed by atoms with Gasteiger partial charge in [-0.15, -0.1) is 0 Å². The fourth-order valence-corrected chi connectivity index (χ4v) is 3.89. The summed E-state index contributed by atoms with van der Waals surface area (Å²) in [6.07, 6.45) is -0.196. The zero-order chi connectivity index (χ0) is 24.6. The average molecular weight is 465 g/mol. The summed E-state index contributed by atoms with van der Waals surface area (Å²) >= 11 is 0. The molecule has 0 saturated heterocycles. The van der Waals surface area contributed by atoms with Gasteiger partial charge in [-0.2, -0.15) is 0 Å². The summed E-state index contributed by atoms with van der Waals surface area (Å²) in [6, 6.07) is 34.4. The first-order valence-electron chi connectivity index (χ1n) is 11.6. The van der Waals surface area contributed by atoms with Crippen molar-refractivity contribution >= 4 is 5.97 Å². The number of rotatable bonds is 6. The third-order valence-corrected chi connectivity index (χ3v) is 5.45. The molecule has 1 aliphatic rings. The van der Waals surface area contributed by atoms with E-state index in [-0.39, 0.29) is 12.1 Å². The summed E-state index contributed by atoms with van der Waals surface area (Å²) in [5, 5.41) is 0. The van der Waals surface area contributed by atoms with Gasteiger partial charge in [-0.1, -0.05) is 79.4 Å². The van der Waals surface area contributed by atoms with Crippen molar-refractivity contribution in [1.82, 2.24) is 0 Å². The molecule has 0 heterocycles. The number of fused-ring (bicyclic) bond motifs is 3. The molecule has 35 heavy (non-hydrogen) atoms. The van der Waals surface area contributed by atoms with E-state index >= 15 is 0 Å². The minimum Gasteiger partial charge on any atom is -0.481 e. The monoisotopic (exact) mass is 464 g/mol. The zero-order valence-corrected chi connectivity index (χ0v) is 19.9. The molecule has 0 amide bonds. The normalized spacial score (nSPS) is 12.9. The van der Waals surface area contributed by atoms with Crippen LogP contribution in [0.5, 0.6) is 17.2 Å². The zero-order valence-electron chi connectivity index (χ0n) is 19.9. The molecule has 0 aliphatic heterocycles. The molecule has 1 atom stereocenters. The molecule has 0 saturated carbocycles. The summed E-state index contributed by atoms with van der Waals surface area (Å²) in [5.74, 6) is 2.18. The van der Waals surface area contributed by atoms with Crippen molar-refractivity contribution in [1.29, 1.82) is 0 Å². The first-order chi connectivity index (χ1) is 17.1. The molecule has 0 N–H and O–H groups in total. The van der Waals surface area contributed by atoms with E-state index in [9.17, 15) is 4.79 Å². The van der Waals surface area contributed by atoms with Crippen molar-refractivity contribution in [3.05, 3.63) is 126 Å². The summed E-state index contributed by atoms with van der Waals surface area (Å²) < 4.78 is 17.2. The molecule has 0 spiro atoms. The SMILES string of the molecule is C=C(C)C(=O)OCC.c1ccc(Oc2cccc3c2C(Oc2ccccc2)c2ccccc2-3)cc1. The molecule has 4 nitrogen and oxygen atoms in total. The molecule has 5 rings (SSSR count). The molecule has 0 radical (unpaired) electrons. The quantitative estimate of drug-likeness (QED) is 0.216. The molecule has 4 heteroatoms. The van der Waals surface area contributed by atoms with E-state index in [0.717, 1.165) is 22.8 Å². The second-order valence-corrected chi connectivity index (χ2v) is 8.03. The average Bonchev–Trinajstić information content (AvgIpc) is 3.20. The van der Waals surface area contributed by atoms with Crippen molar-refractivity contribution in [2.75, 3.05) is 6.61 Å². The second kappa shape index (κ2) is 11.2. The lowest BCUT2D eigenvalue weighted by atomic mass is 10.1. The maximum atomic E-state index is 10.4. The maximum Gasteiger partial charge on any atom is 0.333 e. The van der Waals surface area contributed by atoms with Gasteiger partial charge in [0.25, 0.3) is 0 Å². The number of esters is 1. The Morgan fingerprint density at radius 1 is 0.771 bits per heavy atom. The second-order valence-electron chi connectivity index (χ2n) is 8.03. The van der Waals surface area contributed by atoms with Crippen LogP contribution in [0.2, 0.25) is 0 Å². The van der Waals surface area contributed by atoms with Crippen LogP contribution >= 0.6 is 0 Å². The molecule has 1 unspecified atom stereocenters. The fourth-order valence-electron chi connectivity index (χ4n) is 3.89. The number of benzene rings is 4. The lowest BCUT2D eigenvalue weighted by molar-refractivity contribution is -0.138. The number of para-hydroxylation sites is 2. The first kappa shape index (κ1) is 23.8. The van der Waals surface area contributed by atoms with Crippen LogP contribution in [0.3, 0.4) is 0 Å². The van der Waals surface area contributed by atoms with Crippen molar-refractivity contribution < 1.29 is 19.0 Å². The topological polar surface area (TPSA) is 44.8 Å². The van der Waals surface area contributed by atoms with Gasteiger partial charge < -0.3 is 14.2 Å². The number of carbonyl (C=O) groups excluding carboxylic acids is 1. The Morgan fingerprint density at radius 2 is 1.37 bits per heavy atom. The smallest absolute Gasteiger partial charge is 0.333 e. The summed E-state index contributed by atoms with van der Waals surface area (Å²) in [4.78, 5) is 10.4. The third-order valence-electron chi connectivity index (χ3n) is 5.45. The van der Waals surface area contributed by atoms with Crippen molar-refractivity contribution in [3.63, 3.8) is 0 Å². The van der Waals surface area contributed by atoms with Crippen LogP contribution in [-0.4, -0.2) is 12.6 Å². The van der Waals surface area contributed by atoms with Gasteiger partial charge in [0, 0.05) is 16.7 Å². The molecule has 0 aromatic heterocycles. The highest BCUT2D eigenvalue weighted by molar-refractivity contribution is 5.86. The lowest BCUT2D eigenvalue weighted by Gasteiger charge is -2.19. The molecule has 0 fully saturated rings. The summed E-state index contributed by atoms with van der Waals surface area (Å²) in [6.45, 7) is 7.21. The highest BCUT2D eigenvalue weighted by atomic mass is 16.5. The predicted octanol–water partition coefficient (Wildman–Crippen LogP) is 7.75. The molecule has 0 bridgehead atoms. The molecule has 176 valence electrons. The van der Waals surface area contributed by atoms with Crippen LogP contribution in [0.1, 0.15) is 31.1 Å². The molecular formula is C31H28O4. The van der Waals surface area contributed by atoms with Crippen LogP contribution < -0.4 is 9.47 Å². The minimum absolute atomic E-state index is 0.196. The van der Waals surface area contributed by atoms with Gasteiger partial charge in [-0.25, -0.2) is 4.79 Å². The Labute approximate surface area is 206 Å². The number of hydrogen-bond acceptors (Lipinski definition) is 4. The van der Waals surface area contributed by atoms with E-state index in [1.54, 1.807) is 13.8 Å². The largest absolute Gasteiger partial charge is 0.481 e. The van der Waals surface area contributed by atoms with Crippen LogP contribution in [0.25, 0.3) is 11.1 Å². The van der Waals surface area contributed by atoms with Gasteiger partial charge in [0.05, 0.1) is 6.61 Å². The Balaban J connectivity index is 0.000000314. The Kier molecular flexibility index (Phi) is 7.63. The first-order valence-corrected chi connectivity index (χ1v) is 11.6. The Morgan fingerprint density at radius 3 is 2.00 bits per heavy atom. The van der Waals surface area contributed by atoms with Crippen LogP contribution in [0.15, 0.2) is 115 Å². The number of ether oxygens (including phenoxy) is 3. The van der Waals surface area contributed by atoms with Gasteiger partial charge in [0.1, 0.15) is 17.2 Å². The summed E-state index contributed by atoms with van der Waals surface area (Å²) in [7, 11) is 0. The fraction of sp³-hybridized carbons (Fsp3) is 0.129. The lowest BCUT2D eigenvalue weighted by Crippen LogP contribution is -2.07. The van der Waals surface area contributed by atoms with E-state index in [0.29, 0.717) is 12.2 Å². The highest BCUT2D eigenvalue weighted by Crippen LogP contribution is 2.49. The standard InChI is InChI=1S/C25H18O2.C6H10O2/c1-3-10-18(11-4-1)26-23-17-9-16-21-20-14-7-8-15-22(20)25(24(21)23)27-19-12-5-2-6-13-19;1-4-8-6(7)5(2)3/h1-17,25H;2,4H2,1,3H3. The van der Waals surface area contributed by atoms with Gasteiger partial charge in [0.2, 0.25) is 0 Å². The van der Waals surface area contributed by atoms with Gasteiger partial charge in [0.15, 0.2) is 6.10 Å². The van der Waals surface area contributed by atoms with E-state index in [2.05, 4.69) is 41.6 Å². The molecule has 1 aliphatic carbocycles. The predicted molar refractivity (Wildman–Crippen MR) is 139 cm³/mol. The van der Waals surface area contributed by atoms with Crippen LogP contribution in [-0.2, 0) is 9.53 Å². The van der Waals surface area contributed by atoms with Crippen molar-refractivity contribution in [2.45, 2.75) is 20.0 Å². The number of hydrogen-bond donors (Lipinski definition) is 0. The molecular weight excluding hydrogens is 436 g/mol. The summed E-state index contributed by atoms with van der Waals surface area (Å²) in [5.41, 5.74) is 5.06. The number of carbonyl (C=O) groups is 1. The maximum absolute atomic E-state index is 10.4. The van der Waals surface area contributed by atoms with Crippen LogP contribution in [0, 0.1) is 0 Å². The highest BCUT2D eigenvalue weighted by Gasteiger charge is 2.33. The van der Waals surface area contributed by atoms with Crippen LogP contribution in [0.4, 0.5) is 0 Å². The van der Waals surface area contributed by atoms with Crippen molar-refractivity contribution in [2.24, 2.45) is 0 Å². The van der Waals surface area contributed by atoms with Crippen molar-refractivity contribution in [3.8, 4) is 28.4 Å².